The van der Waals surface area contributed by atoms with Gasteiger partial charge in [-0.25, -0.2) is 0 Å². The molecular weight excluding hydrogens is 194 g/mol. The van der Waals surface area contributed by atoms with Crippen molar-refractivity contribution in [3.05, 3.63) is 12.2 Å². The van der Waals surface area contributed by atoms with E-state index in [0.717, 1.165) is 19.3 Å². The summed E-state index contributed by atoms with van der Waals surface area (Å²) in [6, 6.07) is 0.297. The smallest absolute Gasteiger partial charge is 0.00983 e. The molecule has 0 fully saturated rings. The molecule has 0 bridgehead atoms. The number of hydrogen-bond acceptors (Lipinski definition) is 1. The topological polar surface area (TPSA) is 26.0 Å². The Bertz CT molecular complexity index is 207. The molecule has 0 saturated carbocycles. The third-order valence-electron chi connectivity index (χ3n) is 4.00. The van der Waals surface area contributed by atoms with Gasteiger partial charge < -0.3 is 5.73 Å². The van der Waals surface area contributed by atoms with Crippen LogP contribution in [0.1, 0.15) is 66.7 Å². The van der Waals surface area contributed by atoms with Crippen molar-refractivity contribution in [3.8, 4) is 0 Å². The van der Waals surface area contributed by atoms with Crippen LogP contribution in [0.5, 0.6) is 0 Å². The molecular formula is C15H31N. The largest absolute Gasteiger partial charge is 0.327 e. The van der Waals surface area contributed by atoms with Gasteiger partial charge in [0, 0.05) is 6.04 Å². The van der Waals surface area contributed by atoms with Gasteiger partial charge in [-0.3, -0.25) is 0 Å². The van der Waals surface area contributed by atoms with Crippen molar-refractivity contribution in [1.82, 2.24) is 0 Å². The molecule has 0 aromatic rings. The van der Waals surface area contributed by atoms with Crippen LogP contribution in [0, 0.1) is 11.3 Å². The van der Waals surface area contributed by atoms with Gasteiger partial charge in [-0.05, 0) is 30.6 Å². The average molecular weight is 225 g/mol. The lowest BCUT2D eigenvalue weighted by atomic mass is 9.68. The van der Waals surface area contributed by atoms with Crippen LogP contribution in [0.4, 0.5) is 0 Å². The van der Waals surface area contributed by atoms with Crippen molar-refractivity contribution < 1.29 is 0 Å². The van der Waals surface area contributed by atoms with Crippen molar-refractivity contribution in [2.45, 2.75) is 72.8 Å². The molecule has 0 aromatic carbocycles. The number of allylic oxidation sites excluding steroid dienone is 1. The number of rotatable bonds is 8. The Labute approximate surface area is 102 Å². The minimum absolute atomic E-state index is 0.211. The Balaban J connectivity index is 4.62. The molecule has 2 N–H and O–H groups in total. The van der Waals surface area contributed by atoms with Crippen molar-refractivity contribution in [2.75, 3.05) is 0 Å². The third-order valence-corrected chi connectivity index (χ3v) is 4.00. The highest BCUT2D eigenvalue weighted by Crippen LogP contribution is 2.38. The first-order chi connectivity index (χ1) is 7.38. The lowest BCUT2D eigenvalue weighted by molar-refractivity contribution is 0.157. The van der Waals surface area contributed by atoms with Gasteiger partial charge in [0.25, 0.3) is 0 Å². The highest BCUT2D eigenvalue weighted by atomic mass is 14.7. The van der Waals surface area contributed by atoms with Crippen LogP contribution < -0.4 is 5.73 Å². The molecule has 96 valence electrons. The van der Waals surface area contributed by atoms with Gasteiger partial charge in [0.2, 0.25) is 0 Å². The Morgan fingerprint density at radius 3 is 2.19 bits per heavy atom. The molecule has 0 aromatic heterocycles. The quantitative estimate of drug-likeness (QED) is 0.604. The van der Waals surface area contributed by atoms with E-state index >= 15 is 0 Å². The highest BCUT2D eigenvalue weighted by Gasteiger charge is 2.34. The summed E-state index contributed by atoms with van der Waals surface area (Å²) in [7, 11) is 0. The predicted molar refractivity (Wildman–Crippen MR) is 74.5 cm³/mol. The summed E-state index contributed by atoms with van der Waals surface area (Å²) in [6.45, 7) is 15.5. The lowest BCUT2D eigenvalue weighted by Crippen LogP contribution is -2.43. The van der Waals surface area contributed by atoms with Crippen molar-refractivity contribution >= 4 is 0 Å². The van der Waals surface area contributed by atoms with E-state index in [1.165, 1.54) is 18.4 Å². The molecule has 16 heavy (non-hydrogen) atoms. The monoisotopic (exact) mass is 225 g/mol. The lowest BCUT2D eigenvalue weighted by Gasteiger charge is -2.40. The van der Waals surface area contributed by atoms with Crippen LogP contribution in [0.2, 0.25) is 0 Å². The van der Waals surface area contributed by atoms with Gasteiger partial charge in [0.15, 0.2) is 0 Å². The Kier molecular flexibility index (Phi) is 6.98. The van der Waals surface area contributed by atoms with Crippen LogP contribution in [0.3, 0.4) is 0 Å². The fourth-order valence-corrected chi connectivity index (χ4v) is 2.38. The molecule has 1 heteroatoms. The highest BCUT2D eigenvalue weighted by molar-refractivity contribution is 5.03. The first-order valence-electron chi connectivity index (χ1n) is 6.80. The maximum Gasteiger partial charge on any atom is 0.00983 e. The van der Waals surface area contributed by atoms with E-state index < -0.39 is 0 Å². The van der Waals surface area contributed by atoms with E-state index in [9.17, 15) is 0 Å². The molecule has 0 radical (unpaired) electrons. The molecule has 0 rings (SSSR count). The molecule has 0 saturated heterocycles. The molecule has 0 aliphatic heterocycles. The summed E-state index contributed by atoms with van der Waals surface area (Å²) in [4.78, 5) is 0. The van der Waals surface area contributed by atoms with E-state index in [4.69, 9.17) is 5.73 Å². The van der Waals surface area contributed by atoms with Gasteiger partial charge in [0.1, 0.15) is 0 Å². The number of nitrogens with two attached hydrogens (primary N) is 1. The Hall–Kier alpha value is -0.300. The zero-order chi connectivity index (χ0) is 12.8. The summed E-state index contributed by atoms with van der Waals surface area (Å²) in [5.41, 5.74) is 7.94. The summed E-state index contributed by atoms with van der Waals surface area (Å²) in [5.74, 6) is 0.614. The fraction of sp³-hybridized carbons (Fsp3) is 0.867. The second-order valence-corrected chi connectivity index (χ2v) is 5.73. The molecule has 0 aliphatic carbocycles. The van der Waals surface area contributed by atoms with E-state index in [1.54, 1.807) is 0 Å². The second kappa shape index (κ2) is 7.11. The van der Waals surface area contributed by atoms with Crippen LogP contribution in [-0.4, -0.2) is 6.04 Å². The predicted octanol–water partition coefficient (Wildman–Crippen LogP) is 4.52. The van der Waals surface area contributed by atoms with Gasteiger partial charge in [-0.2, -0.15) is 0 Å². The third kappa shape index (κ3) is 4.29. The zero-order valence-electron chi connectivity index (χ0n) is 12.0. The van der Waals surface area contributed by atoms with Gasteiger partial charge in [0.05, 0.1) is 0 Å². The van der Waals surface area contributed by atoms with Crippen LogP contribution in [-0.2, 0) is 0 Å². The molecule has 0 spiro atoms. The van der Waals surface area contributed by atoms with E-state index in [1.807, 2.05) is 0 Å². The summed E-state index contributed by atoms with van der Waals surface area (Å²) < 4.78 is 0. The standard InChI is InChI=1S/C15H31N/c1-7-9-13(5)11-15(6,12(3)4)14(16)10-8-2/h12,14H,5,7-11,16H2,1-4,6H3. The van der Waals surface area contributed by atoms with Crippen molar-refractivity contribution in [2.24, 2.45) is 17.1 Å². The van der Waals surface area contributed by atoms with E-state index in [-0.39, 0.29) is 5.41 Å². The van der Waals surface area contributed by atoms with Gasteiger partial charge in [-0.15, -0.1) is 0 Å². The Morgan fingerprint density at radius 1 is 1.25 bits per heavy atom. The summed E-state index contributed by atoms with van der Waals surface area (Å²) >= 11 is 0. The maximum atomic E-state index is 6.37. The molecule has 2 atom stereocenters. The Morgan fingerprint density at radius 2 is 1.81 bits per heavy atom. The molecule has 0 amide bonds. The molecule has 0 heterocycles. The van der Waals surface area contributed by atoms with Gasteiger partial charge >= 0.3 is 0 Å². The average Bonchev–Trinajstić information content (AvgIpc) is 2.17. The first-order valence-corrected chi connectivity index (χ1v) is 6.80. The normalized spacial score (nSPS) is 17.2. The minimum atomic E-state index is 0.211. The molecule has 0 aliphatic rings. The SMILES string of the molecule is C=C(CCC)CC(C)(C(C)C)C(N)CCC. The maximum absolute atomic E-state index is 6.37. The molecule has 1 nitrogen and oxygen atoms in total. The first kappa shape index (κ1) is 15.7. The summed E-state index contributed by atoms with van der Waals surface area (Å²) in [5, 5.41) is 0. The van der Waals surface area contributed by atoms with Crippen molar-refractivity contribution in [3.63, 3.8) is 0 Å². The van der Waals surface area contributed by atoms with Crippen LogP contribution in [0.25, 0.3) is 0 Å². The second-order valence-electron chi connectivity index (χ2n) is 5.73. The minimum Gasteiger partial charge on any atom is -0.327 e. The van der Waals surface area contributed by atoms with Gasteiger partial charge in [-0.1, -0.05) is 59.6 Å². The summed E-state index contributed by atoms with van der Waals surface area (Å²) in [6.07, 6.45) is 5.70. The molecule has 2 unspecified atom stereocenters. The van der Waals surface area contributed by atoms with E-state index in [0.29, 0.717) is 12.0 Å². The fourth-order valence-electron chi connectivity index (χ4n) is 2.38. The zero-order valence-corrected chi connectivity index (χ0v) is 12.0. The van der Waals surface area contributed by atoms with Crippen molar-refractivity contribution in [1.29, 1.82) is 0 Å². The number of hydrogen-bond donors (Lipinski definition) is 1. The van der Waals surface area contributed by atoms with Crippen LogP contribution in [0.15, 0.2) is 12.2 Å². The van der Waals surface area contributed by atoms with Crippen LogP contribution >= 0.6 is 0 Å². The van der Waals surface area contributed by atoms with E-state index in [2.05, 4.69) is 41.2 Å².